The third-order valence-corrected chi connectivity index (χ3v) is 3.00. The monoisotopic (exact) mass is 299 g/mol. The maximum atomic E-state index is 11.6. The molecule has 0 saturated heterocycles. The summed E-state index contributed by atoms with van der Waals surface area (Å²) in [5, 5.41) is 11.9. The molecule has 110 valence electrons. The van der Waals surface area contributed by atoms with E-state index in [-0.39, 0.29) is 29.1 Å². The number of aromatic carboxylic acids is 1. The Morgan fingerprint density at radius 2 is 2.15 bits per heavy atom. The zero-order valence-electron chi connectivity index (χ0n) is 11.5. The third-order valence-electron chi connectivity index (χ3n) is 2.67. The molecule has 0 heterocycles. The fraction of sp³-hybridized carbons (Fsp3) is 0.429. The van der Waals surface area contributed by atoms with Gasteiger partial charge in [0.15, 0.2) is 6.61 Å². The molecule has 1 aromatic rings. The van der Waals surface area contributed by atoms with Crippen LogP contribution in [0.2, 0.25) is 5.02 Å². The first kappa shape index (κ1) is 16.3. The highest BCUT2D eigenvalue weighted by Gasteiger charge is 2.11. The highest BCUT2D eigenvalue weighted by Crippen LogP contribution is 2.22. The SMILES string of the molecule is CCCC(C)NC(=O)COc1ccc(Cl)c(C(=O)O)c1. The van der Waals surface area contributed by atoms with E-state index < -0.39 is 5.97 Å². The molecule has 0 aliphatic heterocycles. The number of amides is 1. The van der Waals surface area contributed by atoms with E-state index in [4.69, 9.17) is 21.4 Å². The van der Waals surface area contributed by atoms with Crippen LogP contribution < -0.4 is 10.1 Å². The average Bonchev–Trinajstić information content (AvgIpc) is 2.37. The quantitative estimate of drug-likeness (QED) is 0.811. The van der Waals surface area contributed by atoms with E-state index in [2.05, 4.69) is 5.32 Å². The first-order chi connectivity index (χ1) is 9.43. The van der Waals surface area contributed by atoms with Crippen LogP contribution in [-0.2, 0) is 4.79 Å². The molecule has 1 rings (SSSR count). The Kier molecular flexibility index (Phi) is 6.31. The molecule has 0 radical (unpaired) electrons. The van der Waals surface area contributed by atoms with Gasteiger partial charge in [-0.1, -0.05) is 24.9 Å². The minimum absolute atomic E-state index is 0.0519. The molecule has 6 heteroatoms. The van der Waals surface area contributed by atoms with Crippen molar-refractivity contribution in [2.75, 3.05) is 6.61 Å². The lowest BCUT2D eigenvalue weighted by Crippen LogP contribution is -2.35. The number of hydrogen-bond acceptors (Lipinski definition) is 3. The molecule has 5 nitrogen and oxygen atoms in total. The summed E-state index contributed by atoms with van der Waals surface area (Å²) in [4.78, 5) is 22.5. The second-order valence-corrected chi connectivity index (χ2v) is 4.90. The predicted octanol–water partition coefficient (Wildman–Crippen LogP) is 2.72. The fourth-order valence-electron chi connectivity index (χ4n) is 1.73. The van der Waals surface area contributed by atoms with Crippen LogP contribution in [0.3, 0.4) is 0 Å². The van der Waals surface area contributed by atoms with Crippen LogP contribution in [-0.4, -0.2) is 29.6 Å². The summed E-state index contributed by atoms with van der Waals surface area (Å²) in [6.07, 6.45) is 1.89. The van der Waals surface area contributed by atoms with Gasteiger partial charge in [0.05, 0.1) is 10.6 Å². The number of benzene rings is 1. The van der Waals surface area contributed by atoms with E-state index in [0.717, 1.165) is 12.8 Å². The third kappa shape index (κ3) is 5.09. The Labute approximate surface area is 122 Å². The van der Waals surface area contributed by atoms with Crippen molar-refractivity contribution in [1.82, 2.24) is 5.32 Å². The summed E-state index contributed by atoms with van der Waals surface area (Å²) in [5.41, 5.74) is -0.0519. The molecule has 1 amide bonds. The average molecular weight is 300 g/mol. The molecular formula is C14H18ClNO4. The molecule has 2 N–H and O–H groups in total. The molecular weight excluding hydrogens is 282 g/mol. The Balaban J connectivity index is 2.55. The first-order valence-corrected chi connectivity index (χ1v) is 6.76. The van der Waals surface area contributed by atoms with Gasteiger partial charge in [-0.05, 0) is 31.5 Å². The summed E-state index contributed by atoms with van der Waals surface area (Å²) in [6, 6.07) is 4.35. The number of carboxylic acids is 1. The minimum Gasteiger partial charge on any atom is -0.484 e. The van der Waals surface area contributed by atoms with Gasteiger partial charge in [0, 0.05) is 6.04 Å². The van der Waals surface area contributed by atoms with Crippen LogP contribution in [0.4, 0.5) is 0 Å². The van der Waals surface area contributed by atoms with Gasteiger partial charge >= 0.3 is 5.97 Å². The van der Waals surface area contributed by atoms with E-state index in [1.54, 1.807) is 0 Å². The maximum Gasteiger partial charge on any atom is 0.337 e. The smallest absolute Gasteiger partial charge is 0.337 e. The molecule has 0 aromatic heterocycles. The predicted molar refractivity (Wildman–Crippen MR) is 76.4 cm³/mol. The van der Waals surface area contributed by atoms with Crippen molar-refractivity contribution in [3.8, 4) is 5.75 Å². The number of ether oxygens (including phenoxy) is 1. The van der Waals surface area contributed by atoms with E-state index in [0.29, 0.717) is 5.75 Å². The molecule has 0 spiro atoms. The molecule has 0 aliphatic carbocycles. The summed E-state index contributed by atoms with van der Waals surface area (Å²) < 4.78 is 5.26. The number of carbonyl (C=O) groups is 2. The fourth-order valence-corrected chi connectivity index (χ4v) is 1.93. The zero-order valence-corrected chi connectivity index (χ0v) is 12.2. The van der Waals surface area contributed by atoms with Crippen LogP contribution in [0.5, 0.6) is 5.75 Å². The van der Waals surface area contributed by atoms with Gasteiger partial charge in [-0.25, -0.2) is 4.79 Å². The Hall–Kier alpha value is -1.75. The Bertz CT molecular complexity index is 490. The summed E-state index contributed by atoms with van der Waals surface area (Å²) in [5.74, 6) is -1.08. The van der Waals surface area contributed by atoms with Gasteiger partial charge < -0.3 is 15.2 Å². The molecule has 20 heavy (non-hydrogen) atoms. The lowest BCUT2D eigenvalue weighted by molar-refractivity contribution is -0.123. The number of hydrogen-bond donors (Lipinski definition) is 2. The second-order valence-electron chi connectivity index (χ2n) is 4.49. The van der Waals surface area contributed by atoms with E-state index in [1.165, 1.54) is 18.2 Å². The van der Waals surface area contributed by atoms with Crippen LogP contribution >= 0.6 is 11.6 Å². The molecule has 0 fully saturated rings. The first-order valence-electron chi connectivity index (χ1n) is 6.39. The molecule has 0 bridgehead atoms. The van der Waals surface area contributed by atoms with Crippen LogP contribution in [0.1, 0.15) is 37.0 Å². The van der Waals surface area contributed by atoms with Crippen molar-refractivity contribution < 1.29 is 19.4 Å². The largest absolute Gasteiger partial charge is 0.484 e. The molecule has 0 aliphatic rings. The van der Waals surface area contributed by atoms with E-state index >= 15 is 0 Å². The van der Waals surface area contributed by atoms with Crippen molar-refractivity contribution in [3.63, 3.8) is 0 Å². The van der Waals surface area contributed by atoms with Crippen molar-refractivity contribution in [1.29, 1.82) is 0 Å². The topological polar surface area (TPSA) is 75.6 Å². The number of carboxylic acid groups (broad SMARTS) is 1. The number of nitrogens with one attached hydrogen (secondary N) is 1. The van der Waals surface area contributed by atoms with Crippen LogP contribution in [0, 0.1) is 0 Å². The van der Waals surface area contributed by atoms with Crippen LogP contribution in [0.15, 0.2) is 18.2 Å². The standard InChI is InChI=1S/C14H18ClNO4/c1-3-4-9(2)16-13(17)8-20-10-5-6-12(15)11(7-10)14(18)19/h5-7,9H,3-4,8H2,1-2H3,(H,16,17)(H,18,19). The summed E-state index contributed by atoms with van der Waals surface area (Å²) in [6.45, 7) is 3.81. The summed E-state index contributed by atoms with van der Waals surface area (Å²) >= 11 is 5.74. The second kappa shape index (κ2) is 7.75. The van der Waals surface area contributed by atoms with E-state index in [1.807, 2.05) is 13.8 Å². The highest BCUT2D eigenvalue weighted by atomic mass is 35.5. The van der Waals surface area contributed by atoms with Gasteiger partial charge in [0.1, 0.15) is 5.75 Å². The maximum absolute atomic E-state index is 11.6. The lowest BCUT2D eigenvalue weighted by Gasteiger charge is -2.13. The number of rotatable bonds is 7. The van der Waals surface area contributed by atoms with Crippen molar-refractivity contribution in [3.05, 3.63) is 28.8 Å². The van der Waals surface area contributed by atoms with Crippen molar-refractivity contribution >= 4 is 23.5 Å². The number of halogens is 1. The molecule has 1 unspecified atom stereocenters. The van der Waals surface area contributed by atoms with Crippen molar-refractivity contribution in [2.45, 2.75) is 32.7 Å². The Morgan fingerprint density at radius 1 is 1.45 bits per heavy atom. The summed E-state index contributed by atoms with van der Waals surface area (Å²) in [7, 11) is 0. The normalized spacial score (nSPS) is 11.8. The van der Waals surface area contributed by atoms with Crippen LogP contribution in [0.25, 0.3) is 0 Å². The Morgan fingerprint density at radius 3 is 2.75 bits per heavy atom. The van der Waals surface area contributed by atoms with Crippen molar-refractivity contribution in [2.24, 2.45) is 0 Å². The molecule has 1 aromatic carbocycles. The van der Waals surface area contributed by atoms with Gasteiger partial charge in [-0.3, -0.25) is 4.79 Å². The van der Waals surface area contributed by atoms with E-state index in [9.17, 15) is 9.59 Å². The number of carbonyl (C=O) groups excluding carboxylic acids is 1. The van der Waals surface area contributed by atoms with Gasteiger partial charge in [-0.15, -0.1) is 0 Å². The van der Waals surface area contributed by atoms with Gasteiger partial charge in [0.25, 0.3) is 5.91 Å². The van der Waals surface area contributed by atoms with Gasteiger partial charge in [0.2, 0.25) is 0 Å². The molecule has 0 saturated carbocycles. The lowest BCUT2D eigenvalue weighted by atomic mass is 10.2. The zero-order chi connectivity index (χ0) is 15.1. The molecule has 1 atom stereocenters. The minimum atomic E-state index is -1.14. The highest BCUT2D eigenvalue weighted by molar-refractivity contribution is 6.33. The van der Waals surface area contributed by atoms with Gasteiger partial charge in [-0.2, -0.15) is 0 Å².